The third kappa shape index (κ3) is 3.27. The first kappa shape index (κ1) is 12.5. The van der Waals surface area contributed by atoms with E-state index in [1.54, 1.807) is 12.1 Å². The number of ether oxygens (including phenoxy) is 1. The van der Waals surface area contributed by atoms with E-state index in [1.165, 1.54) is 12.1 Å². The number of rotatable bonds is 3. The Morgan fingerprint density at radius 2 is 2.12 bits per heavy atom. The summed E-state index contributed by atoms with van der Waals surface area (Å²) in [5, 5.41) is 10.5. The van der Waals surface area contributed by atoms with E-state index >= 15 is 0 Å². The van der Waals surface area contributed by atoms with Crippen LogP contribution in [-0.2, 0) is 11.2 Å². The van der Waals surface area contributed by atoms with Gasteiger partial charge in [-0.15, -0.1) is 0 Å². The van der Waals surface area contributed by atoms with E-state index in [-0.39, 0.29) is 11.7 Å². The highest BCUT2D eigenvalue weighted by Crippen LogP contribution is 2.29. The van der Waals surface area contributed by atoms with Crippen LogP contribution in [0.25, 0.3) is 0 Å². The fourth-order valence-corrected chi connectivity index (χ4v) is 2.39. The number of aliphatic hydroxyl groups is 1. The van der Waals surface area contributed by atoms with Crippen molar-refractivity contribution in [1.29, 1.82) is 0 Å². The molecule has 1 aromatic carbocycles. The lowest BCUT2D eigenvalue weighted by Gasteiger charge is -2.35. The average molecular weight is 238 g/mol. The van der Waals surface area contributed by atoms with Gasteiger partial charge in [0.2, 0.25) is 0 Å². The van der Waals surface area contributed by atoms with Crippen molar-refractivity contribution in [2.45, 2.75) is 31.8 Å². The molecule has 2 nitrogen and oxygen atoms in total. The van der Waals surface area contributed by atoms with Gasteiger partial charge in [-0.05, 0) is 37.5 Å². The highest BCUT2D eigenvalue weighted by molar-refractivity contribution is 5.18. The molecule has 3 heteroatoms. The molecule has 0 spiro atoms. The van der Waals surface area contributed by atoms with Crippen LogP contribution in [0.15, 0.2) is 24.3 Å². The molecule has 1 saturated heterocycles. The Morgan fingerprint density at radius 1 is 1.41 bits per heavy atom. The Bertz CT molecular complexity index is 353. The average Bonchev–Trinajstić information content (AvgIpc) is 2.33. The summed E-state index contributed by atoms with van der Waals surface area (Å²) < 4.78 is 18.2. The van der Waals surface area contributed by atoms with E-state index in [4.69, 9.17) is 4.74 Å². The normalized spacial score (nSPS) is 24.3. The Balaban J connectivity index is 2.02. The van der Waals surface area contributed by atoms with Crippen molar-refractivity contribution in [2.24, 2.45) is 5.92 Å². The molecule has 1 aliphatic heterocycles. The van der Waals surface area contributed by atoms with Crippen molar-refractivity contribution in [2.75, 3.05) is 13.2 Å². The van der Waals surface area contributed by atoms with Gasteiger partial charge in [0.1, 0.15) is 5.82 Å². The maximum absolute atomic E-state index is 12.8. The molecule has 94 valence electrons. The van der Waals surface area contributed by atoms with Gasteiger partial charge in [-0.25, -0.2) is 4.39 Å². The van der Waals surface area contributed by atoms with Gasteiger partial charge in [-0.3, -0.25) is 0 Å². The lowest BCUT2D eigenvalue weighted by atomic mass is 9.81. The molecule has 0 aliphatic carbocycles. The van der Waals surface area contributed by atoms with E-state index in [2.05, 4.69) is 0 Å². The SMILES string of the molecule is CC(O)(Cc1ccc(F)cc1)C1CCCOC1. The molecule has 1 aromatic rings. The van der Waals surface area contributed by atoms with E-state index in [9.17, 15) is 9.50 Å². The van der Waals surface area contributed by atoms with Crippen LogP contribution in [0.5, 0.6) is 0 Å². The van der Waals surface area contributed by atoms with Crippen LogP contribution in [0.1, 0.15) is 25.3 Å². The predicted octanol–water partition coefficient (Wildman–Crippen LogP) is 2.55. The van der Waals surface area contributed by atoms with Crippen LogP contribution in [0.4, 0.5) is 4.39 Å². The lowest BCUT2D eigenvalue weighted by molar-refractivity contribution is -0.0673. The van der Waals surface area contributed by atoms with Gasteiger partial charge in [0.25, 0.3) is 0 Å². The number of hydrogen-bond donors (Lipinski definition) is 1. The summed E-state index contributed by atoms with van der Waals surface area (Å²) in [4.78, 5) is 0. The van der Waals surface area contributed by atoms with E-state index in [0.717, 1.165) is 25.0 Å². The first-order valence-corrected chi connectivity index (χ1v) is 6.12. The molecule has 17 heavy (non-hydrogen) atoms. The summed E-state index contributed by atoms with van der Waals surface area (Å²) in [6.07, 6.45) is 2.54. The zero-order valence-corrected chi connectivity index (χ0v) is 10.2. The van der Waals surface area contributed by atoms with Crippen LogP contribution >= 0.6 is 0 Å². The van der Waals surface area contributed by atoms with Crippen molar-refractivity contribution in [1.82, 2.24) is 0 Å². The van der Waals surface area contributed by atoms with Crippen molar-refractivity contribution in [3.63, 3.8) is 0 Å². The van der Waals surface area contributed by atoms with Gasteiger partial charge in [0.15, 0.2) is 0 Å². The zero-order valence-electron chi connectivity index (χ0n) is 10.2. The lowest BCUT2D eigenvalue weighted by Crippen LogP contribution is -2.41. The van der Waals surface area contributed by atoms with Gasteiger partial charge < -0.3 is 9.84 Å². The van der Waals surface area contributed by atoms with E-state index < -0.39 is 5.60 Å². The smallest absolute Gasteiger partial charge is 0.123 e. The topological polar surface area (TPSA) is 29.5 Å². The Hall–Kier alpha value is -0.930. The maximum Gasteiger partial charge on any atom is 0.123 e. The molecule has 2 rings (SSSR count). The van der Waals surface area contributed by atoms with Crippen LogP contribution in [0, 0.1) is 11.7 Å². The Labute approximate surface area is 101 Å². The fourth-order valence-electron chi connectivity index (χ4n) is 2.39. The highest BCUT2D eigenvalue weighted by Gasteiger charge is 2.33. The predicted molar refractivity (Wildman–Crippen MR) is 64.3 cm³/mol. The minimum atomic E-state index is -0.780. The summed E-state index contributed by atoms with van der Waals surface area (Å²) in [6.45, 7) is 3.26. The third-order valence-electron chi connectivity index (χ3n) is 3.52. The zero-order chi connectivity index (χ0) is 12.3. The van der Waals surface area contributed by atoms with Gasteiger partial charge in [-0.1, -0.05) is 12.1 Å². The molecule has 1 aliphatic rings. The molecule has 0 aromatic heterocycles. The molecule has 0 saturated carbocycles. The summed E-state index contributed by atoms with van der Waals surface area (Å²) >= 11 is 0. The summed E-state index contributed by atoms with van der Waals surface area (Å²) in [5.41, 5.74) is 0.181. The molecule has 2 atom stereocenters. The second-order valence-corrected chi connectivity index (χ2v) is 5.07. The number of benzene rings is 1. The first-order valence-electron chi connectivity index (χ1n) is 6.12. The van der Waals surface area contributed by atoms with Crippen molar-refractivity contribution in [3.8, 4) is 0 Å². The van der Waals surface area contributed by atoms with Crippen LogP contribution in [0.2, 0.25) is 0 Å². The molecular formula is C14H19FO2. The second-order valence-electron chi connectivity index (χ2n) is 5.07. The monoisotopic (exact) mass is 238 g/mol. The Kier molecular flexibility index (Phi) is 3.79. The molecule has 0 bridgehead atoms. The molecular weight excluding hydrogens is 219 g/mol. The van der Waals surface area contributed by atoms with Crippen molar-refractivity contribution in [3.05, 3.63) is 35.6 Å². The largest absolute Gasteiger partial charge is 0.389 e. The van der Waals surface area contributed by atoms with E-state index in [0.29, 0.717) is 13.0 Å². The van der Waals surface area contributed by atoms with Gasteiger partial charge >= 0.3 is 0 Å². The van der Waals surface area contributed by atoms with Gasteiger partial charge in [0, 0.05) is 18.9 Å². The quantitative estimate of drug-likeness (QED) is 0.877. The van der Waals surface area contributed by atoms with Crippen molar-refractivity contribution >= 4 is 0 Å². The van der Waals surface area contributed by atoms with Crippen LogP contribution < -0.4 is 0 Å². The first-order chi connectivity index (χ1) is 8.08. The summed E-state index contributed by atoms with van der Waals surface area (Å²) in [5.74, 6) is -0.0734. The van der Waals surface area contributed by atoms with Gasteiger partial charge in [0.05, 0.1) is 12.2 Å². The minimum absolute atomic E-state index is 0.168. The third-order valence-corrected chi connectivity index (χ3v) is 3.52. The van der Waals surface area contributed by atoms with E-state index in [1.807, 2.05) is 6.92 Å². The molecule has 0 radical (unpaired) electrons. The van der Waals surface area contributed by atoms with Gasteiger partial charge in [-0.2, -0.15) is 0 Å². The maximum atomic E-state index is 12.8. The molecule has 1 heterocycles. The molecule has 1 fully saturated rings. The second kappa shape index (κ2) is 5.15. The molecule has 2 unspecified atom stereocenters. The van der Waals surface area contributed by atoms with Crippen LogP contribution in [-0.4, -0.2) is 23.9 Å². The minimum Gasteiger partial charge on any atom is -0.389 e. The standard InChI is InChI=1S/C14H19FO2/c1-14(16,12-3-2-8-17-10-12)9-11-4-6-13(15)7-5-11/h4-7,12,16H,2-3,8-10H2,1H3. The highest BCUT2D eigenvalue weighted by atomic mass is 19.1. The van der Waals surface area contributed by atoms with Crippen LogP contribution in [0.3, 0.4) is 0 Å². The number of hydrogen-bond acceptors (Lipinski definition) is 2. The molecule has 1 N–H and O–H groups in total. The number of halogens is 1. The fraction of sp³-hybridized carbons (Fsp3) is 0.571. The summed E-state index contributed by atoms with van der Waals surface area (Å²) in [7, 11) is 0. The van der Waals surface area contributed by atoms with Crippen molar-refractivity contribution < 1.29 is 14.2 Å². The Morgan fingerprint density at radius 3 is 2.71 bits per heavy atom. The molecule has 0 amide bonds. The summed E-state index contributed by atoms with van der Waals surface area (Å²) in [6, 6.07) is 6.33.